The normalized spacial score (nSPS) is 12.1. The Bertz CT molecular complexity index is 1050. The van der Waals surface area contributed by atoms with Gasteiger partial charge >= 0.3 is 11.2 Å². The van der Waals surface area contributed by atoms with E-state index in [-0.39, 0.29) is 31.6 Å². The van der Waals surface area contributed by atoms with Gasteiger partial charge in [-0.1, -0.05) is 36.9 Å². The lowest BCUT2D eigenvalue weighted by Crippen LogP contribution is -2.32. The van der Waals surface area contributed by atoms with Crippen molar-refractivity contribution in [1.29, 1.82) is 0 Å². The molecule has 2 aromatic carbocycles. The summed E-state index contributed by atoms with van der Waals surface area (Å²) in [5.74, 6) is 0.628. The number of carbonyl (C=O) groups excluding carboxylic acids is 2. The van der Waals surface area contributed by atoms with Gasteiger partial charge in [-0.2, -0.15) is 0 Å². The van der Waals surface area contributed by atoms with Crippen LogP contribution >= 0.6 is 12.6 Å². The molecule has 1 unspecified atom stereocenters. The third-order valence-corrected chi connectivity index (χ3v) is 5.99. The van der Waals surface area contributed by atoms with Crippen LogP contribution < -0.4 is 15.2 Å². The van der Waals surface area contributed by atoms with E-state index in [9.17, 15) is 9.59 Å². The summed E-state index contributed by atoms with van der Waals surface area (Å²) in [4.78, 5) is 30.6. The van der Waals surface area contributed by atoms with Crippen molar-refractivity contribution in [2.24, 2.45) is 17.1 Å². The highest BCUT2D eigenvalue weighted by molar-refractivity contribution is 7.96. The molecule has 2 aromatic rings. The zero-order valence-corrected chi connectivity index (χ0v) is 23.6. The first-order chi connectivity index (χ1) is 17.4. The summed E-state index contributed by atoms with van der Waals surface area (Å²) in [6, 6.07) is 11.6. The Morgan fingerprint density at radius 3 is 2.30 bits per heavy atom. The fraction of sp³-hybridized carbons (Fsp3) is 0.500. The molecule has 37 heavy (non-hydrogen) atoms. The van der Waals surface area contributed by atoms with E-state index < -0.39 is 10.7 Å². The van der Waals surface area contributed by atoms with Gasteiger partial charge < -0.3 is 19.9 Å². The van der Waals surface area contributed by atoms with Gasteiger partial charge in [0.25, 0.3) is 0 Å². The molecular weight excluding hydrogens is 492 g/mol. The van der Waals surface area contributed by atoms with E-state index in [0.717, 1.165) is 11.1 Å². The van der Waals surface area contributed by atoms with Gasteiger partial charge in [-0.3, -0.25) is 14.4 Å². The second kappa shape index (κ2) is 14.3. The number of nitrogens with zero attached hydrogens (tertiary/aromatic N) is 1. The number of aryl methyl sites for hydroxylation is 2. The number of hydrogen-bond acceptors (Lipinski definition) is 7. The highest BCUT2D eigenvalue weighted by atomic mass is 32.1. The summed E-state index contributed by atoms with van der Waals surface area (Å²) >= 11 is 3.99. The molecule has 1 atom stereocenters. The Hall–Kier alpha value is -2.75. The van der Waals surface area contributed by atoms with Gasteiger partial charge in [0.15, 0.2) is 11.5 Å². The number of carbonyl (C=O) groups is 2. The molecule has 0 aromatic heterocycles. The number of rotatable bonds is 13. The molecule has 0 aliphatic heterocycles. The molecule has 0 aliphatic rings. The van der Waals surface area contributed by atoms with Gasteiger partial charge in [0.1, 0.15) is 6.61 Å². The smallest absolute Gasteiger partial charge is 0.311 e. The molecule has 9 heteroatoms. The summed E-state index contributed by atoms with van der Waals surface area (Å²) < 4.78 is 16.6. The van der Waals surface area contributed by atoms with Gasteiger partial charge in [-0.05, 0) is 75.4 Å². The van der Waals surface area contributed by atoms with E-state index in [0.29, 0.717) is 31.1 Å². The highest BCUT2D eigenvalue weighted by Gasteiger charge is 2.25. The predicted octanol–water partition coefficient (Wildman–Crippen LogP) is 4.88. The Balaban J connectivity index is 2.14. The number of nitrogens with two attached hydrogens (primary N) is 1. The second-order valence-electron chi connectivity index (χ2n) is 10.1. The maximum Gasteiger partial charge on any atom is 0.311 e. The summed E-state index contributed by atoms with van der Waals surface area (Å²) in [7, 11) is 1.54. The number of esters is 1. The zero-order chi connectivity index (χ0) is 27.6. The molecule has 204 valence electrons. The zero-order valence-electron chi connectivity index (χ0n) is 22.7. The summed E-state index contributed by atoms with van der Waals surface area (Å²) in [5.41, 5.74) is 9.16. The quantitative estimate of drug-likeness (QED) is 0.215. The van der Waals surface area contributed by atoms with Crippen LogP contribution in [0.5, 0.6) is 11.5 Å². The van der Waals surface area contributed by atoms with Crippen LogP contribution in [0.4, 0.5) is 4.79 Å². The lowest BCUT2D eigenvalue weighted by Gasteiger charge is -2.25. The maximum absolute atomic E-state index is 12.4. The predicted molar refractivity (Wildman–Crippen MR) is 147 cm³/mol. The van der Waals surface area contributed by atoms with Crippen molar-refractivity contribution in [2.75, 3.05) is 33.5 Å². The minimum Gasteiger partial charge on any atom is -0.493 e. The van der Waals surface area contributed by atoms with Gasteiger partial charge in [0.05, 0.1) is 32.3 Å². The van der Waals surface area contributed by atoms with Crippen LogP contribution in [0.15, 0.2) is 36.4 Å². The second-order valence-corrected chi connectivity index (χ2v) is 10.5. The third kappa shape index (κ3) is 9.91. The topological polar surface area (TPSA) is 100 Å². The molecule has 0 spiro atoms. The van der Waals surface area contributed by atoms with Crippen molar-refractivity contribution >= 4 is 23.8 Å². The van der Waals surface area contributed by atoms with Crippen molar-refractivity contribution in [3.05, 3.63) is 58.7 Å². The van der Waals surface area contributed by atoms with Crippen LogP contribution in [0, 0.1) is 25.2 Å². The molecular formula is C28H40N2O6S. The molecule has 0 saturated carbocycles. The molecule has 2 rings (SSSR count). The lowest BCUT2D eigenvalue weighted by molar-refractivity contribution is -0.160. The van der Waals surface area contributed by atoms with Crippen molar-refractivity contribution in [1.82, 2.24) is 5.06 Å². The van der Waals surface area contributed by atoms with Crippen LogP contribution in [0.1, 0.15) is 43.0 Å². The van der Waals surface area contributed by atoms with E-state index in [1.54, 1.807) is 19.2 Å². The van der Waals surface area contributed by atoms with Gasteiger partial charge in [-0.25, -0.2) is 5.06 Å². The third-order valence-electron chi connectivity index (χ3n) is 5.77. The number of benzene rings is 2. The van der Waals surface area contributed by atoms with Crippen LogP contribution in [-0.4, -0.2) is 49.7 Å². The van der Waals surface area contributed by atoms with Crippen LogP contribution in [0.3, 0.4) is 0 Å². The lowest BCUT2D eigenvalue weighted by atomic mass is 9.96. The molecule has 2 N–H and O–H groups in total. The van der Waals surface area contributed by atoms with E-state index >= 15 is 0 Å². The van der Waals surface area contributed by atoms with Crippen molar-refractivity contribution < 1.29 is 28.6 Å². The van der Waals surface area contributed by atoms with Crippen LogP contribution in [0.25, 0.3) is 0 Å². The first kappa shape index (κ1) is 30.5. The first-order valence-corrected chi connectivity index (χ1v) is 12.8. The van der Waals surface area contributed by atoms with Crippen molar-refractivity contribution in [3.8, 4) is 11.5 Å². The maximum atomic E-state index is 12.4. The Labute approximate surface area is 225 Å². The molecule has 0 heterocycles. The van der Waals surface area contributed by atoms with Crippen LogP contribution in [0.2, 0.25) is 0 Å². The molecule has 1 amide bonds. The Morgan fingerprint density at radius 2 is 1.70 bits per heavy atom. The fourth-order valence-corrected chi connectivity index (χ4v) is 3.60. The van der Waals surface area contributed by atoms with E-state index in [4.69, 9.17) is 24.8 Å². The van der Waals surface area contributed by atoms with Crippen molar-refractivity contribution in [2.45, 2.75) is 47.6 Å². The van der Waals surface area contributed by atoms with E-state index in [1.807, 2.05) is 26.8 Å². The summed E-state index contributed by atoms with van der Waals surface area (Å²) in [6.07, 6.45) is 0.619. The van der Waals surface area contributed by atoms with Gasteiger partial charge in [0, 0.05) is 12.5 Å². The fourth-order valence-electron chi connectivity index (χ4n) is 3.47. The average molecular weight is 533 g/mol. The summed E-state index contributed by atoms with van der Waals surface area (Å²) in [5, 5.41) is 0.635. The molecule has 0 fully saturated rings. The first-order valence-electron chi connectivity index (χ1n) is 12.3. The highest BCUT2D eigenvalue weighted by Crippen LogP contribution is 2.29. The number of hydroxylamine groups is 2. The molecule has 8 nitrogen and oxygen atoms in total. The van der Waals surface area contributed by atoms with Crippen molar-refractivity contribution in [3.63, 3.8) is 0 Å². The van der Waals surface area contributed by atoms with E-state index in [1.165, 1.54) is 16.2 Å². The minimum absolute atomic E-state index is 0.147. The van der Waals surface area contributed by atoms with Gasteiger partial charge in [0.2, 0.25) is 0 Å². The molecule has 0 saturated heterocycles. The molecule has 0 radical (unpaired) electrons. The Morgan fingerprint density at radius 1 is 1.00 bits per heavy atom. The Kier molecular flexibility index (Phi) is 11.7. The van der Waals surface area contributed by atoms with Crippen LogP contribution in [-0.2, 0) is 27.3 Å². The minimum atomic E-state index is -0.613. The molecule has 0 bridgehead atoms. The number of thiol groups is 1. The molecule has 0 aliphatic carbocycles. The monoisotopic (exact) mass is 532 g/mol. The number of hydrogen-bond donors (Lipinski definition) is 2. The SMILES string of the molecule is COc1cc(CN(OCC(COC(=O)C(C)(C)C)Cc2ccc(C)c(C)c2)C(=O)S)ccc1OCCN. The number of amides is 1. The standard InChI is InChI=1S/C28H40N2O6S/c1-19-7-8-21(13-20(19)2)14-23(17-35-26(31)28(3,4)5)18-36-30(27(32)37)16-22-9-10-24(34-12-11-29)25(15-22)33-6/h7-10,13,15,23H,11-12,14,16-18,29H2,1-6H3,(H,32,37). The average Bonchev–Trinajstić information content (AvgIpc) is 2.84. The number of ether oxygens (including phenoxy) is 3. The number of methoxy groups -OCH3 is 1. The van der Waals surface area contributed by atoms with Gasteiger partial charge in [-0.15, -0.1) is 0 Å². The van der Waals surface area contributed by atoms with E-state index in [2.05, 4.69) is 44.7 Å². The largest absolute Gasteiger partial charge is 0.493 e. The summed E-state index contributed by atoms with van der Waals surface area (Å²) in [6.45, 7) is 10.8.